The first kappa shape index (κ1) is 17.8. The van der Waals surface area contributed by atoms with E-state index in [1.807, 2.05) is 4.90 Å². The number of hydrogen-bond donors (Lipinski definition) is 1. The summed E-state index contributed by atoms with van der Waals surface area (Å²) in [7, 11) is 0. The molecule has 1 aromatic rings. The maximum Gasteiger partial charge on any atom is 0.238 e. The quantitative estimate of drug-likeness (QED) is 0.748. The van der Waals surface area contributed by atoms with E-state index in [-0.39, 0.29) is 17.1 Å². The van der Waals surface area contributed by atoms with Crippen LogP contribution >= 0.6 is 11.8 Å². The van der Waals surface area contributed by atoms with E-state index < -0.39 is 0 Å². The maximum absolute atomic E-state index is 12.3. The van der Waals surface area contributed by atoms with E-state index in [1.165, 1.54) is 24.6 Å². The Labute approximate surface area is 141 Å². The lowest BCUT2D eigenvalue weighted by Gasteiger charge is -2.22. The van der Waals surface area contributed by atoms with Crippen molar-refractivity contribution in [1.29, 1.82) is 0 Å². The van der Waals surface area contributed by atoms with Gasteiger partial charge in [-0.05, 0) is 39.0 Å². The molecule has 2 rings (SSSR count). The van der Waals surface area contributed by atoms with Gasteiger partial charge in [-0.1, -0.05) is 12.1 Å². The summed E-state index contributed by atoms with van der Waals surface area (Å²) >= 11 is 1.36. The van der Waals surface area contributed by atoms with Crippen molar-refractivity contribution >= 4 is 29.4 Å². The summed E-state index contributed by atoms with van der Waals surface area (Å²) in [6.07, 6.45) is 3.43. The monoisotopic (exact) mass is 339 g/mol. The predicted molar refractivity (Wildman–Crippen MR) is 91.4 cm³/mol. The molecule has 7 heteroatoms. The van der Waals surface area contributed by atoms with Crippen molar-refractivity contribution in [2.24, 2.45) is 5.92 Å². The van der Waals surface area contributed by atoms with Crippen molar-refractivity contribution < 1.29 is 14.1 Å². The number of nitrogens with zero attached hydrogens (tertiary/aromatic N) is 2. The summed E-state index contributed by atoms with van der Waals surface area (Å²) in [5.74, 6) is 2.03. The molecule has 0 unspecified atom stereocenters. The Morgan fingerprint density at radius 1 is 1.52 bits per heavy atom. The van der Waals surface area contributed by atoms with E-state index in [9.17, 15) is 9.59 Å². The third-order valence-corrected chi connectivity index (χ3v) is 4.85. The molecule has 1 heterocycles. The first-order valence-electron chi connectivity index (χ1n) is 8.13. The Kier molecular flexibility index (Phi) is 6.50. The molecule has 6 nitrogen and oxygen atoms in total. The van der Waals surface area contributed by atoms with E-state index in [2.05, 4.69) is 17.4 Å². The zero-order chi connectivity index (χ0) is 16.8. The Morgan fingerprint density at radius 2 is 2.26 bits per heavy atom. The molecule has 128 valence electrons. The van der Waals surface area contributed by atoms with Crippen LogP contribution in [0.2, 0.25) is 0 Å². The first-order valence-corrected chi connectivity index (χ1v) is 9.18. The van der Waals surface area contributed by atoms with Crippen LogP contribution in [-0.4, -0.2) is 46.0 Å². The van der Waals surface area contributed by atoms with Crippen molar-refractivity contribution in [3.05, 3.63) is 11.8 Å². The Morgan fingerprint density at radius 3 is 2.83 bits per heavy atom. The summed E-state index contributed by atoms with van der Waals surface area (Å²) in [4.78, 5) is 26.4. The lowest BCUT2D eigenvalue weighted by molar-refractivity contribution is -0.128. The molecule has 1 fully saturated rings. The van der Waals surface area contributed by atoms with Crippen LogP contribution in [0.4, 0.5) is 5.82 Å². The van der Waals surface area contributed by atoms with Gasteiger partial charge in [-0.25, -0.2) is 0 Å². The standard InChI is InChI=1S/C16H25N3O3S/c1-4-7-19(9-13-5-6-13)15(20)10-23-12(3)16(21)17-14-8-11(2)22-18-14/h8,12-13H,4-7,9-10H2,1-3H3,(H,17,18,21)/t12-/m0/s1. The Balaban J connectivity index is 1.75. The van der Waals surface area contributed by atoms with Crippen molar-refractivity contribution in [2.45, 2.75) is 45.3 Å². The van der Waals surface area contributed by atoms with Crippen LogP contribution < -0.4 is 5.32 Å². The molecule has 23 heavy (non-hydrogen) atoms. The molecule has 2 amide bonds. The minimum atomic E-state index is -0.319. The van der Waals surface area contributed by atoms with Crippen LogP contribution in [0.15, 0.2) is 10.6 Å². The summed E-state index contributed by atoms with van der Waals surface area (Å²) in [5.41, 5.74) is 0. The molecular formula is C16H25N3O3S. The number of carbonyl (C=O) groups is 2. The van der Waals surface area contributed by atoms with Crippen molar-refractivity contribution in [3.63, 3.8) is 0 Å². The SMILES string of the molecule is CCCN(CC1CC1)C(=O)CS[C@@H](C)C(=O)Nc1cc(C)on1. The van der Waals surface area contributed by atoms with Gasteiger partial charge in [0.2, 0.25) is 11.8 Å². The molecule has 1 aliphatic rings. The van der Waals surface area contributed by atoms with Crippen LogP contribution in [0.1, 0.15) is 38.9 Å². The number of aryl methyl sites for hydroxylation is 1. The number of carbonyl (C=O) groups excluding carboxylic acids is 2. The highest BCUT2D eigenvalue weighted by Gasteiger charge is 2.27. The Hall–Kier alpha value is -1.50. The van der Waals surface area contributed by atoms with Gasteiger partial charge in [0.25, 0.3) is 0 Å². The summed E-state index contributed by atoms with van der Waals surface area (Å²) in [6.45, 7) is 7.31. The van der Waals surface area contributed by atoms with Crippen LogP contribution in [0.25, 0.3) is 0 Å². The third kappa shape index (κ3) is 5.89. The normalized spacial score (nSPS) is 15.3. The second-order valence-corrected chi connectivity index (χ2v) is 7.38. The number of nitrogens with one attached hydrogen (secondary N) is 1. The molecule has 1 aromatic heterocycles. The van der Waals surface area contributed by atoms with Gasteiger partial charge in [-0.2, -0.15) is 0 Å². The first-order chi connectivity index (χ1) is 11.0. The minimum absolute atomic E-state index is 0.126. The smallest absolute Gasteiger partial charge is 0.238 e. The fourth-order valence-corrected chi connectivity index (χ4v) is 3.00. The average Bonchev–Trinajstić information content (AvgIpc) is 3.25. The molecule has 0 spiro atoms. The second kappa shape index (κ2) is 8.38. The van der Waals surface area contributed by atoms with E-state index in [0.717, 1.165) is 19.5 Å². The second-order valence-electron chi connectivity index (χ2n) is 6.05. The number of aromatic nitrogens is 1. The highest BCUT2D eigenvalue weighted by atomic mass is 32.2. The van der Waals surface area contributed by atoms with Gasteiger partial charge in [-0.3, -0.25) is 9.59 Å². The highest BCUT2D eigenvalue weighted by Crippen LogP contribution is 2.30. The van der Waals surface area contributed by atoms with Crippen LogP contribution in [-0.2, 0) is 9.59 Å². The van der Waals surface area contributed by atoms with Gasteiger partial charge in [0.1, 0.15) is 5.76 Å². The molecule has 0 radical (unpaired) electrons. The van der Waals surface area contributed by atoms with E-state index in [4.69, 9.17) is 4.52 Å². The number of rotatable bonds is 9. The van der Waals surface area contributed by atoms with Gasteiger partial charge in [0.05, 0.1) is 11.0 Å². The molecule has 0 saturated heterocycles. The summed E-state index contributed by atoms with van der Waals surface area (Å²) in [6, 6.07) is 1.67. The summed E-state index contributed by atoms with van der Waals surface area (Å²) in [5, 5.41) is 6.11. The van der Waals surface area contributed by atoms with E-state index >= 15 is 0 Å². The van der Waals surface area contributed by atoms with Crippen molar-refractivity contribution in [1.82, 2.24) is 10.1 Å². The van der Waals surface area contributed by atoms with Gasteiger partial charge in [-0.15, -0.1) is 11.8 Å². The average molecular weight is 339 g/mol. The molecule has 0 aliphatic heterocycles. The number of anilines is 1. The molecule has 1 N–H and O–H groups in total. The van der Waals surface area contributed by atoms with Crippen LogP contribution in [0.5, 0.6) is 0 Å². The molecule has 0 bridgehead atoms. The molecule has 0 aromatic carbocycles. The van der Waals surface area contributed by atoms with Gasteiger partial charge in [0.15, 0.2) is 5.82 Å². The maximum atomic E-state index is 12.3. The number of amides is 2. The van der Waals surface area contributed by atoms with Crippen molar-refractivity contribution in [2.75, 3.05) is 24.2 Å². The molecular weight excluding hydrogens is 314 g/mol. The zero-order valence-electron chi connectivity index (χ0n) is 14.0. The molecule has 1 saturated carbocycles. The lowest BCUT2D eigenvalue weighted by Crippen LogP contribution is -2.36. The van der Waals surface area contributed by atoms with Crippen LogP contribution in [0, 0.1) is 12.8 Å². The van der Waals surface area contributed by atoms with Crippen molar-refractivity contribution in [3.8, 4) is 0 Å². The predicted octanol–water partition coefficient (Wildman–Crippen LogP) is 2.69. The van der Waals surface area contributed by atoms with E-state index in [1.54, 1.807) is 19.9 Å². The topological polar surface area (TPSA) is 75.4 Å². The van der Waals surface area contributed by atoms with Gasteiger partial charge in [0, 0.05) is 19.2 Å². The number of hydrogen-bond acceptors (Lipinski definition) is 5. The van der Waals surface area contributed by atoms with Crippen LogP contribution in [0.3, 0.4) is 0 Å². The fraction of sp³-hybridized carbons (Fsp3) is 0.688. The van der Waals surface area contributed by atoms with Gasteiger partial charge >= 0.3 is 0 Å². The minimum Gasteiger partial charge on any atom is -0.360 e. The van der Waals surface area contributed by atoms with E-state index in [0.29, 0.717) is 23.2 Å². The molecule has 1 aliphatic carbocycles. The highest BCUT2D eigenvalue weighted by molar-refractivity contribution is 8.01. The lowest BCUT2D eigenvalue weighted by atomic mass is 10.3. The van der Waals surface area contributed by atoms with Gasteiger partial charge < -0.3 is 14.7 Å². The summed E-state index contributed by atoms with van der Waals surface area (Å²) < 4.78 is 4.91. The zero-order valence-corrected chi connectivity index (χ0v) is 14.8. The largest absolute Gasteiger partial charge is 0.360 e. The third-order valence-electron chi connectivity index (χ3n) is 3.73. The Bertz CT molecular complexity index is 542. The number of thioether (sulfide) groups is 1. The fourth-order valence-electron chi connectivity index (χ4n) is 2.22. The molecule has 1 atom stereocenters.